The van der Waals surface area contributed by atoms with Crippen molar-refractivity contribution in [1.29, 1.82) is 0 Å². The van der Waals surface area contributed by atoms with Gasteiger partial charge in [0.15, 0.2) is 0 Å². The number of likely N-dealkylation sites (tertiary alicyclic amines) is 1. The van der Waals surface area contributed by atoms with Crippen LogP contribution >= 0.6 is 0 Å². The molecule has 6 nitrogen and oxygen atoms in total. The third-order valence-corrected chi connectivity index (χ3v) is 3.18. The van der Waals surface area contributed by atoms with Gasteiger partial charge in [-0.15, -0.1) is 0 Å². The van der Waals surface area contributed by atoms with Crippen molar-refractivity contribution >= 4 is 23.6 Å². The standard InChI is InChI=1S/C14H16N2O4/c15-10-3-1-2-9(6-10)4-5-13(18)16-8-11(17)7-12(16)14(19)20/h1-6,11-12,17H,7-8,15H2,(H,19,20)/b5-4+/t11?,12-/m0/s1. The van der Waals surface area contributed by atoms with Gasteiger partial charge in [0.05, 0.1) is 6.10 Å². The van der Waals surface area contributed by atoms with Crippen LogP contribution in [0.2, 0.25) is 0 Å². The van der Waals surface area contributed by atoms with Crippen molar-refractivity contribution in [1.82, 2.24) is 4.90 Å². The van der Waals surface area contributed by atoms with Gasteiger partial charge in [0, 0.05) is 24.7 Å². The summed E-state index contributed by atoms with van der Waals surface area (Å²) in [6.45, 7) is 0.0388. The van der Waals surface area contributed by atoms with Crippen molar-refractivity contribution in [3.63, 3.8) is 0 Å². The fourth-order valence-electron chi connectivity index (χ4n) is 2.22. The topological polar surface area (TPSA) is 104 Å². The number of nitrogen functional groups attached to an aromatic ring is 1. The Hall–Kier alpha value is -2.34. The minimum atomic E-state index is -1.10. The number of carboxylic acids is 1. The molecule has 2 atom stereocenters. The number of aliphatic carboxylic acids is 1. The first-order valence-electron chi connectivity index (χ1n) is 6.22. The highest BCUT2D eigenvalue weighted by Crippen LogP contribution is 2.19. The molecule has 1 aromatic rings. The van der Waals surface area contributed by atoms with Gasteiger partial charge in [-0.3, -0.25) is 4.79 Å². The number of aliphatic hydroxyl groups excluding tert-OH is 1. The van der Waals surface area contributed by atoms with Crippen molar-refractivity contribution in [2.45, 2.75) is 18.6 Å². The number of carbonyl (C=O) groups excluding carboxylic acids is 1. The summed E-state index contributed by atoms with van der Waals surface area (Å²) in [5.74, 6) is -1.54. The number of carboxylic acid groups (broad SMARTS) is 1. The van der Waals surface area contributed by atoms with Gasteiger partial charge in [0.2, 0.25) is 5.91 Å². The molecule has 0 spiro atoms. The van der Waals surface area contributed by atoms with Gasteiger partial charge in [-0.1, -0.05) is 12.1 Å². The monoisotopic (exact) mass is 276 g/mol. The Kier molecular flexibility index (Phi) is 4.05. The molecule has 1 unspecified atom stereocenters. The van der Waals surface area contributed by atoms with Crippen LogP contribution in [0, 0.1) is 0 Å². The lowest BCUT2D eigenvalue weighted by Gasteiger charge is -2.19. The van der Waals surface area contributed by atoms with Gasteiger partial charge < -0.3 is 20.8 Å². The number of hydrogen-bond donors (Lipinski definition) is 3. The Morgan fingerprint density at radius 3 is 2.80 bits per heavy atom. The van der Waals surface area contributed by atoms with Gasteiger partial charge in [-0.05, 0) is 23.8 Å². The van der Waals surface area contributed by atoms with Crippen LogP contribution in [0.4, 0.5) is 5.69 Å². The summed E-state index contributed by atoms with van der Waals surface area (Å²) in [4.78, 5) is 24.2. The number of β-amino-alcohol motifs (C(OH)–C–C–N with tert-alkyl or cyclic N) is 1. The highest BCUT2D eigenvalue weighted by Gasteiger charge is 2.37. The van der Waals surface area contributed by atoms with Crippen LogP contribution in [-0.4, -0.2) is 45.7 Å². The molecule has 1 saturated heterocycles. The fraction of sp³-hybridized carbons (Fsp3) is 0.286. The van der Waals surface area contributed by atoms with E-state index in [2.05, 4.69) is 0 Å². The number of carbonyl (C=O) groups is 2. The van der Waals surface area contributed by atoms with E-state index in [9.17, 15) is 14.7 Å². The van der Waals surface area contributed by atoms with Crippen LogP contribution in [0.15, 0.2) is 30.3 Å². The third-order valence-electron chi connectivity index (χ3n) is 3.18. The quantitative estimate of drug-likeness (QED) is 0.545. The Morgan fingerprint density at radius 2 is 2.15 bits per heavy atom. The molecule has 0 aromatic heterocycles. The first-order chi connectivity index (χ1) is 9.47. The van der Waals surface area contributed by atoms with Crippen LogP contribution in [0.3, 0.4) is 0 Å². The van der Waals surface area contributed by atoms with Crippen molar-refractivity contribution < 1.29 is 19.8 Å². The van der Waals surface area contributed by atoms with Gasteiger partial charge in [-0.2, -0.15) is 0 Å². The van der Waals surface area contributed by atoms with Crippen molar-refractivity contribution in [3.05, 3.63) is 35.9 Å². The van der Waals surface area contributed by atoms with Crippen LogP contribution in [0.25, 0.3) is 6.08 Å². The molecule has 1 amide bonds. The maximum Gasteiger partial charge on any atom is 0.326 e. The minimum absolute atomic E-state index is 0.0388. The minimum Gasteiger partial charge on any atom is -0.480 e. The second kappa shape index (κ2) is 5.75. The SMILES string of the molecule is Nc1cccc(/C=C/C(=O)N2CC(O)C[C@H]2C(=O)O)c1. The van der Waals surface area contributed by atoms with Crippen LogP contribution in [-0.2, 0) is 9.59 Å². The molecule has 1 aromatic carbocycles. The normalized spacial score (nSPS) is 22.4. The molecule has 1 aliphatic heterocycles. The van der Waals surface area contributed by atoms with E-state index in [-0.39, 0.29) is 13.0 Å². The van der Waals surface area contributed by atoms with Crippen molar-refractivity contribution in [2.75, 3.05) is 12.3 Å². The molecular formula is C14H16N2O4. The van der Waals surface area contributed by atoms with E-state index >= 15 is 0 Å². The maximum absolute atomic E-state index is 12.0. The number of nitrogens with two attached hydrogens (primary N) is 1. The summed E-state index contributed by atoms with van der Waals surface area (Å²) >= 11 is 0. The molecule has 1 aliphatic rings. The number of benzene rings is 1. The third kappa shape index (κ3) is 3.16. The predicted octanol–water partition coefficient (Wildman–Crippen LogP) is 0.328. The number of nitrogens with zero attached hydrogens (tertiary/aromatic N) is 1. The Balaban J connectivity index is 2.09. The summed E-state index contributed by atoms with van der Waals surface area (Å²) in [6.07, 6.45) is 2.14. The highest BCUT2D eigenvalue weighted by molar-refractivity contribution is 5.95. The Morgan fingerprint density at radius 1 is 1.40 bits per heavy atom. The van der Waals surface area contributed by atoms with Gasteiger partial charge in [0.1, 0.15) is 6.04 Å². The fourth-order valence-corrected chi connectivity index (χ4v) is 2.22. The first-order valence-corrected chi connectivity index (χ1v) is 6.22. The molecule has 0 bridgehead atoms. The van der Waals surface area contributed by atoms with Crippen LogP contribution in [0.1, 0.15) is 12.0 Å². The van der Waals surface area contributed by atoms with Crippen molar-refractivity contribution in [2.24, 2.45) is 0 Å². The molecular weight excluding hydrogens is 260 g/mol. The summed E-state index contributed by atoms with van der Waals surface area (Å²) in [7, 11) is 0. The number of rotatable bonds is 3. The second-order valence-electron chi connectivity index (χ2n) is 4.74. The summed E-state index contributed by atoms with van der Waals surface area (Å²) < 4.78 is 0. The van der Waals surface area contributed by atoms with E-state index in [1.54, 1.807) is 30.3 Å². The van der Waals surface area contributed by atoms with E-state index in [1.807, 2.05) is 0 Å². The van der Waals surface area contributed by atoms with E-state index in [4.69, 9.17) is 10.8 Å². The average molecular weight is 276 g/mol. The molecule has 1 heterocycles. The van der Waals surface area contributed by atoms with Gasteiger partial charge >= 0.3 is 5.97 Å². The largest absolute Gasteiger partial charge is 0.480 e. The summed E-state index contributed by atoms with van der Waals surface area (Å²) in [5.41, 5.74) is 6.96. The number of anilines is 1. The number of amides is 1. The number of aliphatic hydroxyl groups is 1. The zero-order valence-corrected chi connectivity index (χ0v) is 10.8. The van der Waals surface area contributed by atoms with Crippen LogP contribution < -0.4 is 5.73 Å². The summed E-state index contributed by atoms with van der Waals surface area (Å²) in [6, 6.07) is 6.02. The molecule has 0 aliphatic carbocycles. The van der Waals surface area contributed by atoms with Gasteiger partial charge in [-0.25, -0.2) is 4.79 Å². The lowest BCUT2D eigenvalue weighted by molar-refractivity contribution is -0.146. The molecule has 2 rings (SSSR count). The Bertz CT molecular complexity index is 556. The molecule has 1 fully saturated rings. The molecule has 6 heteroatoms. The molecule has 106 valence electrons. The zero-order chi connectivity index (χ0) is 14.7. The van der Waals surface area contributed by atoms with E-state index in [1.165, 1.54) is 6.08 Å². The Labute approximate surface area is 116 Å². The molecule has 20 heavy (non-hydrogen) atoms. The lowest BCUT2D eigenvalue weighted by atomic mass is 10.2. The smallest absolute Gasteiger partial charge is 0.326 e. The highest BCUT2D eigenvalue weighted by atomic mass is 16.4. The van der Waals surface area contributed by atoms with E-state index < -0.39 is 24.0 Å². The van der Waals surface area contributed by atoms with Gasteiger partial charge in [0.25, 0.3) is 0 Å². The predicted molar refractivity (Wildman–Crippen MR) is 73.6 cm³/mol. The average Bonchev–Trinajstić information content (AvgIpc) is 2.78. The van der Waals surface area contributed by atoms with Crippen LogP contribution in [0.5, 0.6) is 0 Å². The lowest BCUT2D eigenvalue weighted by Crippen LogP contribution is -2.39. The van der Waals surface area contributed by atoms with E-state index in [0.717, 1.165) is 10.5 Å². The molecule has 0 radical (unpaired) electrons. The maximum atomic E-state index is 12.0. The number of hydrogen-bond acceptors (Lipinski definition) is 4. The molecule has 0 saturated carbocycles. The van der Waals surface area contributed by atoms with Crippen molar-refractivity contribution in [3.8, 4) is 0 Å². The summed E-state index contributed by atoms with van der Waals surface area (Å²) in [5, 5.41) is 18.5. The first kappa shape index (κ1) is 14.1. The molecule has 4 N–H and O–H groups in total. The van der Waals surface area contributed by atoms with E-state index in [0.29, 0.717) is 5.69 Å². The second-order valence-corrected chi connectivity index (χ2v) is 4.74. The zero-order valence-electron chi connectivity index (χ0n) is 10.8.